The van der Waals surface area contributed by atoms with Crippen molar-refractivity contribution in [2.75, 3.05) is 0 Å². The van der Waals surface area contributed by atoms with Crippen LogP contribution < -0.4 is 11.2 Å². The van der Waals surface area contributed by atoms with E-state index in [0.717, 1.165) is 4.57 Å². The van der Waals surface area contributed by atoms with Gasteiger partial charge >= 0.3 is 5.69 Å². The van der Waals surface area contributed by atoms with Gasteiger partial charge in [-0.2, -0.15) is 0 Å². The van der Waals surface area contributed by atoms with E-state index in [9.17, 15) is 9.59 Å². The number of nitrogens with zero attached hydrogens (tertiary/aromatic N) is 4. The molecule has 0 N–H and O–H groups in total. The second-order valence-electron chi connectivity index (χ2n) is 3.23. The number of hydrogen-bond donors (Lipinski definition) is 0. The number of hydrogen-bond acceptors (Lipinski definition) is 3. The molecule has 2 heterocycles. The van der Waals surface area contributed by atoms with Crippen molar-refractivity contribution in [1.82, 2.24) is 18.7 Å². The predicted octanol–water partition coefficient (Wildman–Crippen LogP) is -1.03. The van der Waals surface area contributed by atoms with Gasteiger partial charge in [0, 0.05) is 38.5 Å². The summed E-state index contributed by atoms with van der Waals surface area (Å²) in [4.78, 5) is 27.2. The Morgan fingerprint density at radius 2 is 1.73 bits per heavy atom. The van der Waals surface area contributed by atoms with E-state index in [-0.39, 0.29) is 28.6 Å². The molecule has 0 aliphatic carbocycles. The average molecular weight is 246 g/mol. The summed E-state index contributed by atoms with van der Waals surface area (Å²) in [6.07, 6.45) is 1.52. The minimum Gasteiger partial charge on any atom is -0.328 e. The molecule has 15 heavy (non-hydrogen) atoms. The van der Waals surface area contributed by atoms with E-state index < -0.39 is 0 Å². The minimum atomic E-state index is -0.360. The molecule has 0 saturated carbocycles. The Morgan fingerprint density at radius 1 is 1.13 bits per heavy atom. The van der Waals surface area contributed by atoms with Crippen molar-refractivity contribution in [3.8, 4) is 0 Å². The second kappa shape index (κ2) is 3.68. The van der Waals surface area contributed by atoms with Crippen LogP contribution in [0, 0.1) is 0 Å². The Labute approximate surface area is 95.9 Å². The SMILES string of the molecule is Cn1c(=O)c2c(ncn2C)n(C)c1=O.[Cr]. The summed E-state index contributed by atoms with van der Waals surface area (Å²) < 4.78 is 4.04. The first-order valence-corrected chi connectivity index (χ1v) is 4.11. The first kappa shape index (κ1) is 11.8. The quantitative estimate of drug-likeness (QED) is 0.597. The number of aromatic nitrogens is 4. The molecule has 2 aromatic rings. The van der Waals surface area contributed by atoms with Crippen molar-refractivity contribution in [2.24, 2.45) is 21.1 Å². The zero-order valence-corrected chi connectivity index (χ0v) is 9.87. The fourth-order valence-corrected chi connectivity index (χ4v) is 1.47. The molecule has 0 saturated heterocycles. The van der Waals surface area contributed by atoms with Crippen molar-refractivity contribution in [2.45, 2.75) is 0 Å². The monoisotopic (exact) mass is 246 g/mol. The molecule has 0 atom stereocenters. The topological polar surface area (TPSA) is 61.8 Å². The van der Waals surface area contributed by atoms with E-state index in [4.69, 9.17) is 0 Å². The Morgan fingerprint density at radius 3 is 2.33 bits per heavy atom. The molecule has 6 nitrogen and oxygen atoms in total. The maximum Gasteiger partial charge on any atom is 0.332 e. The smallest absolute Gasteiger partial charge is 0.328 e. The van der Waals surface area contributed by atoms with Crippen molar-refractivity contribution in [3.05, 3.63) is 27.2 Å². The standard InChI is InChI=1S/C8H10N4O2.Cr/c1-10-4-9-6-5(10)7(13)12(3)8(14)11(6)2;/h4H,1-3H3;. The molecule has 2 rings (SSSR count). The normalized spacial score (nSPS) is 10.3. The summed E-state index contributed by atoms with van der Waals surface area (Å²) in [5.41, 5.74) is 0.180. The molecule has 0 spiro atoms. The third-order valence-corrected chi connectivity index (χ3v) is 2.32. The van der Waals surface area contributed by atoms with Gasteiger partial charge in [0.2, 0.25) is 0 Å². The van der Waals surface area contributed by atoms with E-state index in [1.54, 1.807) is 18.7 Å². The first-order chi connectivity index (χ1) is 6.54. The Balaban J connectivity index is 0.00000112. The number of rotatable bonds is 0. The molecule has 0 aromatic carbocycles. The van der Waals surface area contributed by atoms with E-state index >= 15 is 0 Å². The molecule has 0 radical (unpaired) electrons. The van der Waals surface area contributed by atoms with Gasteiger partial charge in [-0.3, -0.25) is 13.9 Å². The molecule has 80 valence electrons. The summed E-state index contributed by atoms with van der Waals surface area (Å²) in [5, 5.41) is 0. The van der Waals surface area contributed by atoms with Gasteiger partial charge in [0.25, 0.3) is 5.56 Å². The minimum absolute atomic E-state index is 0. The zero-order valence-electron chi connectivity index (χ0n) is 8.59. The van der Waals surface area contributed by atoms with E-state index in [2.05, 4.69) is 4.98 Å². The number of imidazole rings is 1. The van der Waals surface area contributed by atoms with Crippen LogP contribution in [0.5, 0.6) is 0 Å². The van der Waals surface area contributed by atoms with E-state index in [1.807, 2.05) is 0 Å². The van der Waals surface area contributed by atoms with Crippen LogP contribution >= 0.6 is 0 Å². The molecule has 0 amide bonds. The molecule has 0 unspecified atom stereocenters. The Bertz CT molecular complexity index is 622. The van der Waals surface area contributed by atoms with Gasteiger partial charge in [0.05, 0.1) is 6.33 Å². The molecule has 0 aliphatic heterocycles. The van der Waals surface area contributed by atoms with Crippen LogP contribution in [0.1, 0.15) is 0 Å². The van der Waals surface area contributed by atoms with Crippen molar-refractivity contribution < 1.29 is 17.4 Å². The molecule has 2 aromatic heterocycles. The van der Waals surface area contributed by atoms with E-state index in [0.29, 0.717) is 11.2 Å². The van der Waals surface area contributed by atoms with E-state index in [1.165, 1.54) is 17.9 Å². The van der Waals surface area contributed by atoms with Crippen molar-refractivity contribution in [1.29, 1.82) is 0 Å². The molecular weight excluding hydrogens is 236 g/mol. The fourth-order valence-electron chi connectivity index (χ4n) is 1.47. The summed E-state index contributed by atoms with van der Waals surface area (Å²) in [7, 11) is 4.77. The first-order valence-electron chi connectivity index (χ1n) is 4.11. The zero-order chi connectivity index (χ0) is 10.5. The molecule has 0 aliphatic rings. The maximum absolute atomic E-state index is 11.7. The van der Waals surface area contributed by atoms with Crippen LogP contribution in [0.25, 0.3) is 11.2 Å². The van der Waals surface area contributed by atoms with Gasteiger partial charge in [0.1, 0.15) is 0 Å². The summed E-state index contributed by atoms with van der Waals surface area (Å²) in [6, 6.07) is 0. The summed E-state index contributed by atoms with van der Waals surface area (Å²) in [6.45, 7) is 0. The number of aryl methyl sites for hydroxylation is 2. The van der Waals surface area contributed by atoms with Gasteiger partial charge in [-0.05, 0) is 0 Å². The van der Waals surface area contributed by atoms with Gasteiger partial charge < -0.3 is 4.57 Å². The molecule has 7 heteroatoms. The van der Waals surface area contributed by atoms with Crippen LogP contribution in [-0.2, 0) is 38.5 Å². The molecule has 0 fully saturated rings. The Hall–Kier alpha value is -1.32. The van der Waals surface area contributed by atoms with Crippen LogP contribution in [0.15, 0.2) is 15.9 Å². The summed E-state index contributed by atoms with van der Waals surface area (Å²) in [5.74, 6) is 0. The van der Waals surface area contributed by atoms with Crippen molar-refractivity contribution >= 4 is 11.2 Å². The molecule has 0 bridgehead atoms. The largest absolute Gasteiger partial charge is 0.332 e. The van der Waals surface area contributed by atoms with Crippen molar-refractivity contribution in [3.63, 3.8) is 0 Å². The van der Waals surface area contributed by atoms with Crippen LogP contribution in [0.2, 0.25) is 0 Å². The number of fused-ring (bicyclic) bond motifs is 1. The van der Waals surface area contributed by atoms with Gasteiger partial charge in [-0.25, -0.2) is 9.78 Å². The third-order valence-electron chi connectivity index (χ3n) is 2.32. The predicted molar refractivity (Wildman–Crippen MR) is 51.2 cm³/mol. The maximum atomic E-state index is 11.7. The van der Waals surface area contributed by atoms with Gasteiger partial charge in [-0.1, -0.05) is 0 Å². The van der Waals surface area contributed by atoms with Crippen LogP contribution in [-0.4, -0.2) is 18.7 Å². The Kier molecular flexibility index (Phi) is 2.89. The second-order valence-corrected chi connectivity index (χ2v) is 3.23. The van der Waals surface area contributed by atoms with Crippen LogP contribution in [0.3, 0.4) is 0 Å². The van der Waals surface area contributed by atoms with Gasteiger partial charge in [0.15, 0.2) is 11.2 Å². The average Bonchev–Trinajstić information content (AvgIpc) is 2.54. The van der Waals surface area contributed by atoms with Crippen LogP contribution in [0.4, 0.5) is 0 Å². The molecular formula is C8H10CrN4O2. The van der Waals surface area contributed by atoms with Gasteiger partial charge in [-0.15, -0.1) is 0 Å². The fraction of sp³-hybridized carbons (Fsp3) is 0.375. The third kappa shape index (κ3) is 1.44. The summed E-state index contributed by atoms with van der Waals surface area (Å²) >= 11 is 0.